The van der Waals surface area contributed by atoms with Gasteiger partial charge in [-0.2, -0.15) is 0 Å². The molecule has 28 heavy (non-hydrogen) atoms. The molecular weight excluding hydrogens is 362 g/mol. The second-order valence-electron chi connectivity index (χ2n) is 6.20. The highest BCUT2D eigenvalue weighted by molar-refractivity contribution is 6.06. The van der Waals surface area contributed by atoms with Crippen molar-refractivity contribution in [3.05, 3.63) is 50.9 Å². The molecule has 8 heteroatoms. The smallest absolute Gasteiger partial charge is 0.263 e. The average molecular weight is 387 g/mol. The van der Waals surface area contributed by atoms with Crippen molar-refractivity contribution >= 4 is 17.5 Å². The Balaban J connectivity index is 2.55. The number of anilines is 1. The summed E-state index contributed by atoms with van der Waals surface area (Å²) in [5, 5.41) is 5.18. The number of hydrogen-bond donors (Lipinski definition) is 2. The molecule has 2 aromatic rings. The quantitative estimate of drug-likeness (QED) is 0.789. The van der Waals surface area contributed by atoms with E-state index in [0.29, 0.717) is 6.42 Å². The molecule has 0 saturated carbocycles. The van der Waals surface area contributed by atoms with E-state index in [9.17, 15) is 14.4 Å². The fraction of sp³-hybridized carbons (Fsp3) is 0.350. The maximum absolute atomic E-state index is 12.8. The summed E-state index contributed by atoms with van der Waals surface area (Å²) in [5.74, 6) is -0.414. The van der Waals surface area contributed by atoms with Crippen LogP contribution in [-0.4, -0.2) is 37.6 Å². The molecule has 150 valence electrons. The number of amides is 2. The molecule has 0 aliphatic heterocycles. The van der Waals surface area contributed by atoms with E-state index in [1.54, 1.807) is 13.1 Å². The Labute approximate surface area is 163 Å². The van der Waals surface area contributed by atoms with Gasteiger partial charge in [-0.1, -0.05) is 6.92 Å². The summed E-state index contributed by atoms with van der Waals surface area (Å²) < 4.78 is 12.1. The number of carbonyl (C=O) groups is 2. The lowest BCUT2D eigenvalue weighted by Gasteiger charge is -2.16. The molecule has 2 rings (SSSR count). The number of nitrogens with one attached hydrogen (secondary N) is 2. The predicted molar refractivity (Wildman–Crippen MR) is 107 cm³/mol. The third kappa shape index (κ3) is 3.85. The van der Waals surface area contributed by atoms with Gasteiger partial charge in [0.1, 0.15) is 5.56 Å². The van der Waals surface area contributed by atoms with Gasteiger partial charge >= 0.3 is 0 Å². The van der Waals surface area contributed by atoms with Crippen molar-refractivity contribution in [3.63, 3.8) is 0 Å². The standard InChI is InChI=1S/C20H25N3O5/c1-7-15-11(2)8-13(20(26)23(15)4)19(25)22-14-9-12(18(24)21-3)10-16(27-5)17(14)28-6/h8-10H,7H2,1-6H3,(H,21,24)(H,22,25). The lowest BCUT2D eigenvalue weighted by molar-refractivity contribution is 0.0961. The summed E-state index contributed by atoms with van der Waals surface area (Å²) in [6, 6.07) is 4.55. The average Bonchev–Trinajstić information content (AvgIpc) is 2.69. The number of nitrogens with zero attached hydrogens (tertiary/aromatic N) is 1. The lowest BCUT2D eigenvalue weighted by atomic mass is 10.1. The van der Waals surface area contributed by atoms with E-state index >= 15 is 0 Å². The first-order valence-corrected chi connectivity index (χ1v) is 8.77. The SMILES string of the molecule is CCc1c(C)cc(C(=O)Nc2cc(C(=O)NC)cc(OC)c2OC)c(=O)n1C. The number of aryl methyl sites for hydroxylation is 1. The number of rotatable bonds is 6. The van der Waals surface area contributed by atoms with Gasteiger partial charge in [-0.05, 0) is 37.1 Å². The maximum Gasteiger partial charge on any atom is 0.263 e. The highest BCUT2D eigenvalue weighted by Gasteiger charge is 2.20. The zero-order valence-electron chi connectivity index (χ0n) is 16.9. The molecule has 1 aromatic heterocycles. The van der Waals surface area contributed by atoms with Gasteiger partial charge in [0.05, 0.1) is 19.9 Å². The van der Waals surface area contributed by atoms with Gasteiger partial charge in [-0.15, -0.1) is 0 Å². The molecule has 0 spiro atoms. The van der Waals surface area contributed by atoms with Gasteiger partial charge < -0.3 is 24.7 Å². The molecule has 0 fully saturated rings. The first kappa shape index (κ1) is 21.0. The van der Waals surface area contributed by atoms with Crippen LogP contribution < -0.4 is 25.7 Å². The third-order valence-corrected chi connectivity index (χ3v) is 4.55. The van der Waals surface area contributed by atoms with Gasteiger partial charge in [-0.25, -0.2) is 0 Å². The van der Waals surface area contributed by atoms with Gasteiger partial charge in [0, 0.05) is 25.4 Å². The Morgan fingerprint density at radius 1 is 1.11 bits per heavy atom. The summed E-state index contributed by atoms with van der Waals surface area (Å²) in [6.45, 7) is 3.80. The van der Waals surface area contributed by atoms with Crippen molar-refractivity contribution in [3.8, 4) is 11.5 Å². The van der Waals surface area contributed by atoms with Crippen LogP contribution >= 0.6 is 0 Å². The normalized spacial score (nSPS) is 10.4. The summed E-state index contributed by atoms with van der Waals surface area (Å²) in [7, 11) is 5.99. The zero-order valence-corrected chi connectivity index (χ0v) is 16.9. The van der Waals surface area contributed by atoms with Gasteiger partial charge in [0.15, 0.2) is 11.5 Å². The molecule has 1 heterocycles. The van der Waals surface area contributed by atoms with Crippen LogP contribution in [0, 0.1) is 6.92 Å². The van der Waals surface area contributed by atoms with Crippen LogP contribution in [0.2, 0.25) is 0 Å². The Bertz CT molecular complexity index is 979. The molecule has 0 bridgehead atoms. The molecule has 0 aliphatic carbocycles. The van der Waals surface area contributed by atoms with E-state index in [-0.39, 0.29) is 34.2 Å². The van der Waals surface area contributed by atoms with Gasteiger partial charge in [0.2, 0.25) is 0 Å². The molecular formula is C20H25N3O5. The molecule has 8 nitrogen and oxygen atoms in total. The number of carbonyl (C=O) groups excluding carboxylic acids is 2. The Morgan fingerprint density at radius 2 is 1.79 bits per heavy atom. The monoisotopic (exact) mass is 387 g/mol. The number of aromatic nitrogens is 1. The molecule has 2 amide bonds. The van der Waals surface area contributed by atoms with E-state index in [1.165, 1.54) is 38.0 Å². The van der Waals surface area contributed by atoms with Crippen molar-refractivity contribution in [2.24, 2.45) is 7.05 Å². The Kier molecular flexibility index (Phi) is 6.45. The molecule has 0 unspecified atom stereocenters. The lowest BCUT2D eigenvalue weighted by Crippen LogP contribution is -2.30. The molecule has 0 aliphatic rings. The summed E-state index contributed by atoms with van der Waals surface area (Å²) in [6.07, 6.45) is 0.679. The van der Waals surface area contributed by atoms with Crippen molar-refractivity contribution in [2.45, 2.75) is 20.3 Å². The number of ether oxygens (including phenoxy) is 2. The fourth-order valence-electron chi connectivity index (χ4n) is 3.13. The van der Waals surface area contributed by atoms with Crippen LogP contribution in [0.3, 0.4) is 0 Å². The van der Waals surface area contributed by atoms with Crippen molar-refractivity contribution in [1.29, 1.82) is 0 Å². The number of hydrogen-bond acceptors (Lipinski definition) is 5. The largest absolute Gasteiger partial charge is 0.493 e. The predicted octanol–water partition coefficient (Wildman–Crippen LogP) is 1.89. The van der Waals surface area contributed by atoms with E-state index in [0.717, 1.165) is 11.3 Å². The van der Waals surface area contributed by atoms with Crippen LogP contribution in [0.5, 0.6) is 11.5 Å². The van der Waals surface area contributed by atoms with Crippen molar-refractivity contribution < 1.29 is 19.1 Å². The first-order chi connectivity index (χ1) is 13.3. The van der Waals surface area contributed by atoms with Crippen molar-refractivity contribution in [2.75, 3.05) is 26.6 Å². The second-order valence-corrected chi connectivity index (χ2v) is 6.20. The second kappa shape index (κ2) is 8.60. The Hall–Kier alpha value is -3.29. The summed E-state index contributed by atoms with van der Waals surface area (Å²) in [4.78, 5) is 37.5. The number of pyridine rings is 1. The topological polar surface area (TPSA) is 98.7 Å². The Morgan fingerprint density at radius 3 is 2.32 bits per heavy atom. The molecule has 0 radical (unpaired) electrons. The maximum atomic E-state index is 12.8. The van der Waals surface area contributed by atoms with E-state index < -0.39 is 11.5 Å². The van der Waals surface area contributed by atoms with Crippen LogP contribution in [0.4, 0.5) is 5.69 Å². The van der Waals surface area contributed by atoms with Crippen molar-refractivity contribution in [1.82, 2.24) is 9.88 Å². The fourth-order valence-corrected chi connectivity index (χ4v) is 3.13. The van der Waals surface area contributed by atoms with Crippen LogP contribution in [-0.2, 0) is 13.5 Å². The zero-order chi connectivity index (χ0) is 21.0. The van der Waals surface area contributed by atoms with E-state index in [4.69, 9.17) is 9.47 Å². The van der Waals surface area contributed by atoms with Crippen LogP contribution in [0.25, 0.3) is 0 Å². The summed E-state index contributed by atoms with van der Waals surface area (Å²) >= 11 is 0. The summed E-state index contributed by atoms with van der Waals surface area (Å²) in [5.41, 5.74) is 1.82. The van der Waals surface area contributed by atoms with E-state index in [1.807, 2.05) is 13.8 Å². The number of methoxy groups -OCH3 is 2. The van der Waals surface area contributed by atoms with Gasteiger partial charge in [0.25, 0.3) is 17.4 Å². The van der Waals surface area contributed by atoms with E-state index in [2.05, 4.69) is 10.6 Å². The third-order valence-electron chi connectivity index (χ3n) is 4.55. The van der Waals surface area contributed by atoms with Crippen LogP contribution in [0.1, 0.15) is 38.9 Å². The highest BCUT2D eigenvalue weighted by Crippen LogP contribution is 2.36. The minimum absolute atomic E-state index is 0.00330. The number of benzene rings is 1. The minimum atomic E-state index is -0.597. The minimum Gasteiger partial charge on any atom is -0.493 e. The molecule has 0 saturated heterocycles. The van der Waals surface area contributed by atoms with Crippen LogP contribution in [0.15, 0.2) is 23.0 Å². The van der Waals surface area contributed by atoms with Gasteiger partial charge in [-0.3, -0.25) is 14.4 Å². The first-order valence-electron chi connectivity index (χ1n) is 8.77. The molecule has 1 aromatic carbocycles. The molecule has 2 N–H and O–H groups in total. The molecule has 0 atom stereocenters. The highest BCUT2D eigenvalue weighted by atomic mass is 16.5.